The zero-order valence-corrected chi connectivity index (χ0v) is 12.1. The third-order valence-electron chi connectivity index (χ3n) is 5.33. The molecule has 3 aliphatic heterocycles. The number of piperidine rings is 1. The smallest absolute Gasteiger partial charge is 0.239 e. The number of nitrogens with zero attached hydrogens (tertiary/aromatic N) is 2. The summed E-state index contributed by atoms with van der Waals surface area (Å²) < 4.78 is 5.50. The average molecular weight is 266 g/mol. The summed E-state index contributed by atoms with van der Waals surface area (Å²) in [5.74, 6) is 0.380. The molecule has 0 unspecified atom stereocenters. The fraction of sp³-hybridized carbons (Fsp3) is 0.933. The lowest BCUT2D eigenvalue weighted by Crippen LogP contribution is -2.52. The highest BCUT2D eigenvalue weighted by molar-refractivity contribution is 5.82. The first kappa shape index (κ1) is 13.4. The van der Waals surface area contributed by atoms with Gasteiger partial charge in [0, 0.05) is 26.3 Å². The highest BCUT2D eigenvalue weighted by Gasteiger charge is 2.40. The highest BCUT2D eigenvalue weighted by atomic mass is 16.5. The minimum Gasteiger partial charge on any atom is -0.381 e. The van der Waals surface area contributed by atoms with Gasteiger partial charge in [-0.3, -0.25) is 9.69 Å². The Morgan fingerprint density at radius 3 is 2.63 bits per heavy atom. The maximum absolute atomic E-state index is 12.7. The number of carbonyl (C=O) groups excluding carboxylic acids is 1. The van der Waals surface area contributed by atoms with Gasteiger partial charge in [-0.2, -0.15) is 0 Å². The second-order valence-electron chi connectivity index (χ2n) is 6.61. The van der Waals surface area contributed by atoms with E-state index in [0.29, 0.717) is 11.3 Å². The Morgan fingerprint density at radius 2 is 1.95 bits per heavy atom. The van der Waals surface area contributed by atoms with Gasteiger partial charge in [0.05, 0.1) is 6.04 Å². The predicted molar refractivity (Wildman–Crippen MR) is 74.0 cm³/mol. The number of amides is 1. The van der Waals surface area contributed by atoms with Crippen molar-refractivity contribution in [3.05, 3.63) is 0 Å². The van der Waals surface area contributed by atoms with E-state index in [2.05, 4.69) is 16.8 Å². The van der Waals surface area contributed by atoms with Crippen molar-refractivity contribution in [3.8, 4) is 0 Å². The summed E-state index contributed by atoms with van der Waals surface area (Å²) in [5, 5.41) is 0. The van der Waals surface area contributed by atoms with Crippen LogP contribution in [-0.2, 0) is 9.53 Å². The van der Waals surface area contributed by atoms with Gasteiger partial charge in [-0.1, -0.05) is 0 Å². The molecule has 3 saturated heterocycles. The van der Waals surface area contributed by atoms with Crippen molar-refractivity contribution in [3.63, 3.8) is 0 Å². The molecule has 3 heterocycles. The van der Waals surface area contributed by atoms with Crippen molar-refractivity contribution in [1.82, 2.24) is 9.80 Å². The van der Waals surface area contributed by atoms with Crippen molar-refractivity contribution < 1.29 is 9.53 Å². The molecular weight excluding hydrogens is 240 g/mol. The van der Waals surface area contributed by atoms with E-state index in [-0.39, 0.29) is 6.04 Å². The Morgan fingerprint density at radius 1 is 1.16 bits per heavy atom. The SMILES string of the molecule is CN1CCC[C@H]1C(=O)N1CCCC2(CCOCC2)C1. The molecule has 0 saturated carbocycles. The van der Waals surface area contributed by atoms with Gasteiger partial charge in [0.2, 0.25) is 5.91 Å². The van der Waals surface area contributed by atoms with E-state index in [4.69, 9.17) is 4.74 Å². The van der Waals surface area contributed by atoms with E-state index in [1.807, 2.05) is 0 Å². The van der Waals surface area contributed by atoms with Gasteiger partial charge < -0.3 is 9.64 Å². The number of hydrogen-bond donors (Lipinski definition) is 0. The molecule has 19 heavy (non-hydrogen) atoms. The molecule has 3 aliphatic rings. The molecule has 108 valence electrons. The van der Waals surface area contributed by atoms with Gasteiger partial charge in [0.25, 0.3) is 0 Å². The quantitative estimate of drug-likeness (QED) is 0.721. The number of rotatable bonds is 1. The zero-order valence-electron chi connectivity index (χ0n) is 12.1. The van der Waals surface area contributed by atoms with Crippen LogP contribution in [0.25, 0.3) is 0 Å². The van der Waals surface area contributed by atoms with E-state index in [0.717, 1.165) is 52.1 Å². The highest BCUT2D eigenvalue weighted by Crippen LogP contribution is 2.39. The van der Waals surface area contributed by atoms with Crippen molar-refractivity contribution in [2.24, 2.45) is 5.41 Å². The van der Waals surface area contributed by atoms with E-state index in [1.54, 1.807) is 0 Å². The molecule has 1 amide bonds. The van der Waals surface area contributed by atoms with Crippen molar-refractivity contribution >= 4 is 5.91 Å². The van der Waals surface area contributed by atoms with Gasteiger partial charge in [0.1, 0.15) is 0 Å². The summed E-state index contributed by atoms with van der Waals surface area (Å²) >= 11 is 0. The van der Waals surface area contributed by atoms with Crippen molar-refractivity contribution in [2.45, 2.75) is 44.6 Å². The number of ether oxygens (including phenoxy) is 1. The Bertz CT molecular complexity index is 334. The third kappa shape index (κ3) is 2.65. The molecule has 0 aliphatic carbocycles. The van der Waals surface area contributed by atoms with Crippen LogP contribution in [0.5, 0.6) is 0 Å². The van der Waals surface area contributed by atoms with E-state index in [1.165, 1.54) is 19.3 Å². The lowest BCUT2D eigenvalue weighted by atomic mass is 9.74. The van der Waals surface area contributed by atoms with Crippen LogP contribution in [0.3, 0.4) is 0 Å². The Hall–Kier alpha value is -0.610. The summed E-state index contributed by atoms with van der Waals surface area (Å²) in [6.45, 7) is 4.77. The second-order valence-corrected chi connectivity index (χ2v) is 6.61. The molecule has 0 aromatic carbocycles. The van der Waals surface area contributed by atoms with Gasteiger partial charge in [-0.25, -0.2) is 0 Å². The summed E-state index contributed by atoms with van der Waals surface area (Å²) in [7, 11) is 2.09. The van der Waals surface area contributed by atoms with Gasteiger partial charge >= 0.3 is 0 Å². The fourth-order valence-corrected chi connectivity index (χ4v) is 4.04. The second kappa shape index (κ2) is 5.41. The summed E-state index contributed by atoms with van der Waals surface area (Å²) in [6, 6.07) is 0.148. The van der Waals surface area contributed by atoms with E-state index < -0.39 is 0 Å². The molecule has 3 rings (SSSR count). The predicted octanol–water partition coefficient (Wildman–Crippen LogP) is 1.50. The first-order chi connectivity index (χ1) is 9.20. The molecule has 0 N–H and O–H groups in total. The maximum atomic E-state index is 12.7. The zero-order chi connectivity index (χ0) is 13.3. The topological polar surface area (TPSA) is 32.8 Å². The van der Waals surface area contributed by atoms with Crippen molar-refractivity contribution in [2.75, 3.05) is 39.9 Å². The lowest BCUT2D eigenvalue weighted by Gasteiger charge is -2.46. The lowest BCUT2D eigenvalue weighted by molar-refractivity contribution is -0.141. The number of hydrogen-bond acceptors (Lipinski definition) is 3. The molecule has 1 spiro atoms. The Kier molecular flexibility index (Phi) is 3.81. The fourth-order valence-electron chi connectivity index (χ4n) is 4.04. The number of carbonyl (C=O) groups is 1. The molecule has 0 aromatic heterocycles. The van der Waals surface area contributed by atoms with Crippen LogP contribution in [0.2, 0.25) is 0 Å². The molecule has 1 atom stereocenters. The standard InChI is InChI=1S/C15H26N2O2/c1-16-8-2-4-13(16)14(18)17-9-3-5-15(12-17)6-10-19-11-7-15/h13H,2-12H2,1H3/t13-/m0/s1. The first-order valence-electron chi connectivity index (χ1n) is 7.77. The monoisotopic (exact) mass is 266 g/mol. The Labute approximate surface area is 116 Å². The normalized spacial score (nSPS) is 31.8. The van der Waals surface area contributed by atoms with Crippen LogP contribution in [0, 0.1) is 5.41 Å². The largest absolute Gasteiger partial charge is 0.381 e. The molecular formula is C15H26N2O2. The third-order valence-corrected chi connectivity index (χ3v) is 5.33. The van der Waals surface area contributed by atoms with Crippen LogP contribution in [0.1, 0.15) is 38.5 Å². The molecule has 4 nitrogen and oxygen atoms in total. The number of likely N-dealkylation sites (tertiary alicyclic amines) is 2. The minimum absolute atomic E-state index is 0.148. The van der Waals surface area contributed by atoms with E-state index >= 15 is 0 Å². The molecule has 3 fully saturated rings. The maximum Gasteiger partial charge on any atom is 0.239 e. The molecule has 0 bridgehead atoms. The average Bonchev–Trinajstić information content (AvgIpc) is 2.85. The molecule has 4 heteroatoms. The molecule has 0 radical (unpaired) electrons. The van der Waals surface area contributed by atoms with Crippen molar-refractivity contribution in [1.29, 1.82) is 0 Å². The van der Waals surface area contributed by atoms with Gasteiger partial charge in [-0.15, -0.1) is 0 Å². The van der Waals surface area contributed by atoms with Crippen LogP contribution < -0.4 is 0 Å². The van der Waals surface area contributed by atoms with Crippen LogP contribution >= 0.6 is 0 Å². The van der Waals surface area contributed by atoms with Gasteiger partial charge in [0.15, 0.2) is 0 Å². The summed E-state index contributed by atoms with van der Waals surface area (Å²) in [6.07, 6.45) is 6.93. The van der Waals surface area contributed by atoms with Crippen LogP contribution in [0.4, 0.5) is 0 Å². The van der Waals surface area contributed by atoms with E-state index in [9.17, 15) is 4.79 Å². The summed E-state index contributed by atoms with van der Waals surface area (Å²) in [5.41, 5.74) is 0.364. The first-order valence-corrected chi connectivity index (χ1v) is 7.77. The van der Waals surface area contributed by atoms with Gasteiger partial charge in [-0.05, 0) is 57.5 Å². The van der Waals surface area contributed by atoms with Crippen LogP contribution in [-0.4, -0.2) is 61.6 Å². The van der Waals surface area contributed by atoms with Crippen LogP contribution in [0.15, 0.2) is 0 Å². The minimum atomic E-state index is 0.148. The summed E-state index contributed by atoms with van der Waals surface area (Å²) in [4.78, 5) is 17.1. The molecule has 0 aromatic rings. The number of likely N-dealkylation sites (N-methyl/N-ethyl adjacent to an activating group) is 1. The Balaban J connectivity index is 1.65.